The highest BCUT2D eigenvalue weighted by molar-refractivity contribution is 7.87. The van der Waals surface area contributed by atoms with Gasteiger partial charge in [0.25, 0.3) is 10.2 Å². The number of hydrogen-bond donors (Lipinski definition) is 1. The number of rotatable bonds is 3. The van der Waals surface area contributed by atoms with Gasteiger partial charge >= 0.3 is 0 Å². The second-order valence-electron chi connectivity index (χ2n) is 4.99. The van der Waals surface area contributed by atoms with Crippen LogP contribution in [0.25, 0.3) is 0 Å². The van der Waals surface area contributed by atoms with E-state index in [0.717, 1.165) is 38.5 Å². The maximum Gasteiger partial charge on any atom is 0.282 e. The van der Waals surface area contributed by atoms with Crippen molar-refractivity contribution in [1.82, 2.24) is 8.61 Å². The molecule has 2 rings (SSSR count). The van der Waals surface area contributed by atoms with Gasteiger partial charge in [0.2, 0.25) is 0 Å². The van der Waals surface area contributed by atoms with E-state index in [1.807, 2.05) is 0 Å². The highest BCUT2D eigenvalue weighted by Crippen LogP contribution is 2.24. The van der Waals surface area contributed by atoms with E-state index in [-0.39, 0.29) is 6.04 Å². The molecule has 0 radical (unpaired) electrons. The zero-order valence-corrected chi connectivity index (χ0v) is 12.2. The predicted molar refractivity (Wildman–Crippen MR) is 75.5 cm³/mol. The molecule has 2 N–H and O–H groups in total. The molecule has 2 saturated heterocycles. The Labute approximate surface area is 114 Å². The smallest absolute Gasteiger partial charge is 0.282 e. The normalized spacial score (nSPS) is 28.1. The van der Waals surface area contributed by atoms with Crippen LogP contribution in [0.5, 0.6) is 0 Å². The molecule has 5 nitrogen and oxygen atoms in total. The molecular formula is C11H21N3O2S2. The van der Waals surface area contributed by atoms with Crippen LogP contribution in [0.2, 0.25) is 0 Å². The molecule has 2 aliphatic rings. The van der Waals surface area contributed by atoms with Gasteiger partial charge in [-0.15, -0.1) is 0 Å². The Morgan fingerprint density at radius 3 is 2.28 bits per heavy atom. The van der Waals surface area contributed by atoms with Gasteiger partial charge in [0.1, 0.15) is 0 Å². The number of nitrogens with zero attached hydrogens (tertiary/aromatic N) is 2. The molecule has 1 unspecified atom stereocenters. The first-order valence-electron chi connectivity index (χ1n) is 6.60. The number of hydrogen-bond acceptors (Lipinski definition) is 3. The lowest BCUT2D eigenvalue weighted by Gasteiger charge is -2.38. The lowest BCUT2D eigenvalue weighted by atomic mass is 10.1. The van der Waals surface area contributed by atoms with E-state index in [4.69, 9.17) is 18.0 Å². The molecule has 0 aromatic carbocycles. The summed E-state index contributed by atoms with van der Waals surface area (Å²) in [5, 5.41) is 0. The van der Waals surface area contributed by atoms with Gasteiger partial charge in [-0.25, -0.2) is 0 Å². The second-order valence-corrected chi connectivity index (χ2v) is 7.34. The van der Waals surface area contributed by atoms with Crippen LogP contribution in [0.15, 0.2) is 0 Å². The third-order valence-corrected chi connectivity index (χ3v) is 6.04. The van der Waals surface area contributed by atoms with Gasteiger partial charge in [-0.3, -0.25) is 0 Å². The van der Waals surface area contributed by atoms with Crippen LogP contribution in [-0.4, -0.2) is 47.7 Å². The lowest BCUT2D eigenvalue weighted by molar-refractivity contribution is 0.260. The van der Waals surface area contributed by atoms with E-state index < -0.39 is 10.2 Å². The highest BCUT2D eigenvalue weighted by atomic mass is 32.2. The van der Waals surface area contributed by atoms with Gasteiger partial charge in [0, 0.05) is 19.6 Å². The van der Waals surface area contributed by atoms with Gasteiger partial charge in [0.15, 0.2) is 0 Å². The molecule has 2 fully saturated rings. The average molecular weight is 291 g/mol. The highest BCUT2D eigenvalue weighted by Gasteiger charge is 2.37. The fourth-order valence-corrected chi connectivity index (χ4v) is 4.94. The molecule has 2 heterocycles. The third-order valence-electron chi connectivity index (χ3n) is 3.72. The van der Waals surface area contributed by atoms with E-state index in [1.165, 1.54) is 4.31 Å². The van der Waals surface area contributed by atoms with Crippen molar-refractivity contribution in [3.63, 3.8) is 0 Å². The summed E-state index contributed by atoms with van der Waals surface area (Å²) in [5.41, 5.74) is 5.69. The average Bonchev–Trinajstić information content (AvgIpc) is 2.39. The summed E-state index contributed by atoms with van der Waals surface area (Å²) in [5.74, 6) is 0. The summed E-state index contributed by atoms with van der Waals surface area (Å²) in [6, 6.07) is -0.291. The fourth-order valence-electron chi connectivity index (χ4n) is 2.71. The van der Waals surface area contributed by atoms with Gasteiger partial charge < -0.3 is 5.73 Å². The van der Waals surface area contributed by atoms with E-state index in [1.54, 1.807) is 4.31 Å². The minimum atomic E-state index is -3.38. The van der Waals surface area contributed by atoms with Crippen LogP contribution in [0, 0.1) is 0 Å². The van der Waals surface area contributed by atoms with Gasteiger partial charge in [0.05, 0.1) is 11.0 Å². The molecular weight excluding hydrogens is 270 g/mol. The van der Waals surface area contributed by atoms with Crippen molar-refractivity contribution in [3.8, 4) is 0 Å². The fraction of sp³-hybridized carbons (Fsp3) is 0.909. The molecule has 18 heavy (non-hydrogen) atoms. The Kier molecular flexibility index (Phi) is 4.58. The van der Waals surface area contributed by atoms with Crippen LogP contribution in [0.1, 0.15) is 38.5 Å². The van der Waals surface area contributed by atoms with Crippen molar-refractivity contribution in [2.75, 3.05) is 19.6 Å². The maximum atomic E-state index is 12.6. The molecule has 0 aromatic rings. The minimum absolute atomic E-state index is 0.291. The van der Waals surface area contributed by atoms with Crippen LogP contribution < -0.4 is 5.73 Å². The zero-order valence-electron chi connectivity index (χ0n) is 10.5. The number of nitrogens with two attached hydrogens (primary N) is 1. The first-order chi connectivity index (χ1) is 8.53. The van der Waals surface area contributed by atoms with E-state index in [2.05, 4.69) is 0 Å². The van der Waals surface area contributed by atoms with Crippen molar-refractivity contribution in [1.29, 1.82) is 0 Å². The Bertz CT molecular complexity index is 405. The largest absolute Gasteiger partial charge is 0.392 e. The Morgan fingerprint density at radius 2 is 1.67 bits per heavy atom. The first kappa shape index (κ1) is 14.2. The standard InChI is InChI=1S/C11H21N3O2S2/c12-11(17)10-6-2-5-9-14(10)18(15,16)13-7-3-1-4-8-13/h10H,1-9H2,(H2,12,17). The van der Waals surface area contributed by atoms with Gasteiger partial charge in [-0.1, -0.05) is 25.1 Å². The van der Waals surface area contributed by atoms with Crippen molar-refractivity contribution in [2.24, 2.45) is 5.73 Å². The number of thiocarbonyl (C=S) groups is 1. The van der Waals surface area contributed by atoms with Crippen molar-refractivity contribution < 1.29 is 8.42 Å². The molecule has 1 atom stereocenters. The second kappa shape index (κ2) is 5.81. The minimum Gasteiger partial charge on any atom is -0.392 e. The van der Waals surface area contributed by atoms with Gasteiger partial charge in [-0.05, 0) is 25.7 Å². The predicted octanol–water partition coefficient (Wildman–Crippen LogP) is 0.858. The van der Waals surface area contributed by atoms with E-state index in [9.17, 15) is 8.42 Å². The van der Waals surface area contributed by atoms with E-state index >= 15 is 0 Å². The van der Waals surface area contributed by atoms with Crippen LogP contribution in [-0.2, 0) is 10.2 Å². The van der Waals surface area contributed by atoms with Crippen molar-refractivity contribution >= 4 is 27.4 Å². The van der Waals surface area contributed by atoms with Gasteiger partial charge in [-0.2, -0.15) is 17.0 Å². The van der Waals surface area contributed by atoms with Crippen LogP contribution >= 0.6 is 12.2 Å². The summed E-state index contributed by atoms with van der Waals surface area (Å²) in [7, 11) is -3.38. The number of piperidine rings is 2. The molecule has 0 bridgehead atoms. The Balaban J connectivity index is 2.18. The molecule has 0 spiro atoms. The monoisotopic (exact) mass is 291 g/mol. The molecule has 2 aliphatic heterocycles. The molecule has 0 amide bonds. The Morgan fingerprint density at radius 1 is 1.06 bits per heavy atom. The summed E-state index contributed by atoms with van der Waals surface area (Å²) in [6.45, 7) is 1.80. The topological polar surface area (TPSA) is 66.6 Å². The Hall–Kier alpha value is -0.240. The molecule has 7 heteroatoms. The molecule has 104 valence electrons. The van der Waals surface area contributed by atoms with Crippen molar-refractivity contribution in [3.05, 3.63) is 0 Å². The summed E-state index contributed by atoms with van der Waals surface area (Å²) >= 11 is 5.02. The van der Waals surface area contributed by atoms with Crippen LogP contribution in [0.3, 0.4) is 0 Å². The first-order valence-corrected chi connectivity index (χ1v) is 8.40. The van der Waals surface area contributed by atoms with Crippen molar-refractivity contribution in [2.45, 2.75) is 44.6 Å². The van der Waals surface area contributed by atoms with Crippen LogP contribution in [0.4, 0.5) is 0 Å². The third kappa shape index (κ3) is 2.84. The molecule has 0 aromatic heterocycles. The zero-order chi connectivity index (χ0) is 13.2. The summed E-state index contributed by atoms with van der Waals surface area (Å²) < 4.78 is 28.3. The quantitative estimate of drug-likeness (QED) is 0.783. The molecule has 0 saturated carbocycles. The maximum absolute atomic E-state index is 12.6. The summed E-state index contributed by atoms with van der Waals surface area (Å²) in [6.07, 6.45) is 5.66. The van der Waals surface area contributed by atoms with E-state index in [0.29, 0.717) is 24.6 Å². The lowest BCUT2D eigenvalue weighted by Crippen LogP contribution is -2.55. The molecule has 0 aliphatic carbocycles. The summed E-state index contributed by atoms with van der Waals surface area (Å²) in [4.78, 5) is 0.301. The SMILES string of the molecule is NC(=S)C1CCCCN1S(=O)(=O)N1CCCCC1.